The molecule has 0 spiro atoms. The van der Waals surface area contributed by atoms with Crippen LogP contribution in [0.15, 0.2) is 24.3 Å². The molecule has 2 aromatic rings. The molecule has 22 heavy (non-hydrogen) atoms. The van der Waals surface area contributed by atoms with Gasteiger partial charge in [0, 0.05) is 13.1 Å². The van der Waals surface area contributed by atoms with E-state index in [-0.39, 0.29) is 5.91 Å². The molecule has 1 aliphatic carbocycles. The van der Waals surface area contributed by atoms with Crippen LogP contribution in [0.25, 0.3) is 11.0 Å². The van der Waals surface area contributed by atoms with Crippen molar-refractivity contribution < 1.29 is 4.79 Å². The van der Waals surface area contributed by atoms with Crippen LogP contribution in [0.3, 0.4) is 0 Å². The fraction of sp³-hybridized carbons (Fsp3) is 0.529. The van der Waals surface area contributed by atoms with Crippen molar-refractivity contribution in [3.63, 3.8) is 0 Å². The molecule has 5 heteroatoms. The van der Waals surface area contributed by atoms with Crippen LogP contribution < -0.4 is 11.1 Å². The molecule has 1 fully saturated rings. The molecule has 3 rings (SSSR count). The van der Waals surface area contributed by atoms with E-state index in [1.165, 1.54) is 0 Å². The minimum atomic E-state index is -0.627. The molecule has 1 amide bonds. The van der Waals surface area contributed by atoms with E-state index in [9.17, 15) is 4.79 Å². The number of amides is 1. The monoisotopic (exact) mass is 300 g/mol. The second-order valence-corrected chi connectivity index (χ2v) is 6.27. The Morgan fingerprint density at radius 2 is 2.09 bits per heavy atom. The number of aryl methyl sites for hydroxylation is 2. The lowest BCUT2D eigenvalue weighted by Gasteiger charge is -2.22. The van der Waals surface area contributed by atoms with Crippen molar-refractivity contribution in [1.29, 1.82) is 0 Å². The highest BCUT2D eigenvalue weighted by atomic mass is 16.2. The van der Waals surface area contributed by atoms with Crippen LogP contribution in [0.2, 0.25) is 0 Å². The Morgan fingerprint density at radius 3 is 2.86 bits per heavy atom. The van der Waals surface area contributed by atoms with Gasteiger partial charge in [0.2, 0.25) is 5.91 Å². The Morgan fingerprint density at radius 1 is 1.36 bits per heavy atom. The van der Waals surface area contributed by atoms with Crippen LogP contribution in [0.5, 0.6) is 0 Å². The fourth-order valence-corrected chi connectivity index (χ4v) is 3.33. The van der Waals surface area contributed by atoms with Crippen molar-refractivity contribution in [2.75, 3.05) is 6.54 Å². The number of hydrogen-bond acceptors (Lipinski definition) is 3. The number of imidazole rings is 1. The van der Waals surface area contributed by atoms with E-state index < -0.39 is 5.54 Å². The molecule has 5 nitrogen and oxygen atoms in total. The highest BCUT2D eigenvalue weighted by molar-refractivity contribution is 5.86. The second-order valence-electron chi connectivity index (χ2n) is 6.27. The number of carbonyl (C=O) groups is 1. The predicted molar refractivity (Wildman–Crippen MR) is 87.5 cm³/mol. The Hall–Kier alpha value is -1.88. The zero-order valence-corrected chi connectivity index (χ0v) is 13.1. The van der Waals surface area contributed by atoms with Gasteiger partial charge in [-0.15, -0.1) is 0 Å². The summed E-state index contributed by atoms with van der Waals surface area (Å²) in [7, 11) is 0. The molecule has 1 aromatic heterocycles. The number of carbonyl (C=O) groups excluding carboxylic acids is 1. The third kappa shape index (κ3) is 2.86. The van der Waals surface area contributed by atoms with Crippen LogP contribution in [0, 0.1) is 6.92 Å². The molecule has 1 aromatic carbocycles. The molecule has 1 heterocycles. The van der Waals surface area contributed by atoms with Gasteiger partial charge in [0.25, 0.3) is 0 Å². The summed E-state index contributed by atoms with van der Waals surface area (Å²) in [4.78, 5) is 16.7. The number of benzene rings is 1. The first kappa shape index (κ1) is 15.0. The van der Waals surface area contributed by atoms with Gasteiger partial charge in [0.15, 0.2) is 0 Å². The molecule has 0 aliphatic heterocycles. The molecule has 0 saturated heterocycles. The van der Waals surface area contributed by atoms with Crippen LogP contribution in [0.4, 0.5) is 0 Å². The molecular weight excluding hydrogens is 276 g/mol. The summed E-state index contributed by atoms with van der Waals surface area (Å²) in [5.74, 6) is 1.02. The standard InChI is InChI=1S/C17H24N4O/c1-13-20-14-7-2-3-8-15(14)21(13)12-6-11-19-16(22)17(18)9-4-5-10-17/h2-3,7-8H,4-6,9-12,18H2,1H3,(H,19,22). The van der Waals surface area contributed by atoms with Crippen LogP contribution >= 0.6 is 0 Å². The number of nitrogens with two attached hydrogens (primary N) is 1. The normalized spacial score (nSPS) is 17.0. The van der Waals surface area contributed by atoms with Gasteiger partial charge in [0.1, 0.15) is 5.82 Å². The minimum Gasteiger partial charge on any atom is -0.354 e. The Labute approximate surface area is 130 Å². The number of nitrogens with one attached hydrogen (secondary N) is 1. The predicted octanol–water partition coefficient (Wildman–Crippen LogP) is 2.12. The quantitative estimate of drug-likeness (QED) is 0.831. The molecule has 0 radical (unpaired) electrons. The molecular formula is C17H24N4O. The van der Waals surface area contributed by atoms with E-state index in [4.69, 9.17) is 5.73 Å². The summed E-state index contributed by atoms with van der Waals surface area (Å²) in [6.45, 7) is 3.53. The smallest absolute Gasteiger partial charge is 0.240 e. The number of nitrogens with zero attached hydrogens (tertiary/aromatic N) is 2. The number of fused-ring (bicyclic) bond motifs is 1. The average Bonchev–Trinajstić information content (AvgIpc) is 3.08. The van der Waals surface area contributed by atoms with E-state index >= 15 is 0 Å². The SMILES string of the molecule is Cc1nc2ccccc2n1CCCNC(=O)C1(N)CCCC1. The Balaban J connectivity index is 1.54. The average molecular weight is 300 g/mol. The molecule has 118 valence electrons. The summed E-state index contributed by atoms with van der Waals surface area (Å²) >= 11 is 0. The van der Waals surface area contributed by atoms with Crippen molar-refractivity contribution in [3.05, 3.63) is 30.1 Å². The van der Waals surface area contributed by atoms with Crippen molar-refractivity contribution in [2.45, 2.75) is 51.1 Å². The topological polar surface area (TPSA) is 72.9 Å². The van der Waals surface area contributed by atoms with E-state index in [0.717, 1.165) is 55.5 Å². The van der Waals surface area contributed by atoms with Gasteiger partial charge < -0.3 is 15.6 Å². The maximum atomic E-state index is 12.2. The number of aromatic nitrogens is 2. The fourth-order valence-electron chi connectivity index (χ4n) is 3.33. The highest BCUT2D eigenvalue weighted by Crippen LogP contribution is 2.27. The maximum absolute atomic E-state index is 12.2. The van der Waals surface area contributed by atoms with Gasteiger partial charge in [-0.05, 0) is 38.3 Å². The molecule has 1 aliphatic rings. The minimum absolute atomic E-state index is 0.0113. The summed E-state index contributed by atoms with van der Waals surface area (Å²) in [5, 5.41) is 3.00. The Bertz CT molecular complexity index is 670. The lowest BCUT2D eigenvalue weighted by molar-refractivity contribution is -0.126. The summed E-state index contributed by atoms with van der Waals surface area (Å²) in [5.41, 5.74) is 7.70. The third-order valence-electron chi connectivity index (χ3n) is 4.64. The number of para-hydroxylation sites is 2. The van der Waals surface area contributed by atoms with Gasteiger partial charge in [-0.3, -0.25) is 4.79 Å². The molecule has 0 bridgehead atoms. The Kier molecular flexibility index (Phi) is 4.16. The second kappa shape index (κ2) is 6.08. The van der Waals surface area contributed by atoms with Crippen LogP contribution in [-0.2, 0) is 11.3 Å². The number of hydrogen-bond donors (Lipinski definition) is 2. The van der Waals surface area contributed by atoms with Crippen molar-refractivity contribution >= 4 is 16.9 Å². The zero-order chi connectivity index (χ0) is 15.6. The lowest BCUT2D eigenvalue weighted by Crippen LogP contribution is -2.52. The molecule has 0 unspecified atom stereocenters. The third-order valence-corrected chi connectivity index (χ3v) is 4.64. The van der Waals surface area contributed by atoms with E-state index in [0.29, 0.717) is 6.54 Å². The largest absolute Gasteiger partial charge is 0.354 e. The van der Waals surface area contributed by atoms with Gasteiger partial charge in [-0.1, -0.05) is 25.0 Å². The van der Waals surface area contributed by atoms with Gasteiger partial charge in [-0.2, -0.15) is 0 Å². The summed E-state index contributed by atoms with van der Waals surface area (Å²) in [6.07, 6.45) is 4.62. The van der Waals surface area contributed by atoms with Gasteiger partial charge >= 0.3 is 0 Å². The van der Waals surface area contributed by atoms with Crippen molar-refractivity contribution in [1.82, 2.24) is 14.9 Å². The summed E-state index contributed by atoms with van der Waals surface area (Å²) in [6, 6.07) is 8.14. The molecule has 3 N–H and O–H groups in total. The van der Waals surface area contributed by atoms with Gasteiger partial charge in [0.05, 0.1) is 16.6 Å². The van der Waals surface area contributed by atoms with Gasteiger partial charge in [-0.25, -0.2) is 4.98 Å². The molecule has 1 saturated carbocycles. The van der Waals surface area contributed by atoms with E-state index in [1.807, 2.05) is 25.1 Å². The number of rotatable bonds is 5. The first-order chi connectivity index (χ1) is 10.6. The maximum Gasteiger partial charge on any atom is 0.240 e. The van der Waals surface area contributed by atoms with Crippen LogP contribution in [-0.4, -0.2) is 27.5 Å². The first-order valence-corrected chi connectivity index (χ1v) is 8.09. The molecule has 0 atom stereocenters. The zero-order valence-electron chi connectivity index (χ0n) is 13.1. The van der Waals surface area contributed by atoms with Crippen molar-refractivity contribution in [2.24, 2.45) is 5.73 Å². The van der Waals surface area contributed by atoms with Crippen LogP contribution in [0.1, 0.15) is 37.9 Å². The van der Waals surface area contributed by atoms with E-state index in [1.54, 1.807) is 0 Å². The first-order valence-electron chi connectivity index (χ1n) is 8.09. The highest BCUT2D eigenvalue weighted by Gasteiger charge is 2.36. The summed E-state index contributed by atoms with van der Waals surface area (Å²) < 4.78 is 2.20. The van der Waals surface area contributed by atoms with Crippen molar-refractivity contribution in [3.8, 4) is 0 Å². The van der Waals surface area contributed by atoms with E-state index in [2.05, 4.69) is 20.9 Å². The lowest BCUT2D eigenvalue weighted by atomic mass is 9.98.